The Balaban J connectivity index is 1.67. The van der Waals surface area contributed by atoms with E-state index in [9.17, 15) is 14.7 Å². The predicted octanol–water partition coefficient (Wildman–Crippen LogP) is 3.54. The third kappa shape index (κ3) is 3.93. The molecule has 2 saturated heterocycles. The lowest BCUT2D eigenvalue weighted by Gasteiger charge is -2.39. The van der Waals surface area contributed by atoms with Gasteiger partial charge in [0.1, 0.15) is 0 Å². The zero-order valence-electron chi connectivity index (χ0n) is 15.7. The van der Waals surface area contributed by atoms with Crippen LogP contribution in [-0.2, 0) is 9.53 Å². The zero-order chi connectivity index (χ0) is 18.7. The van der Waals surface area contributed by atoms with Crippen molar-refractivity contribution in [2.75, 3.05) is 26.3 Å². The minimum Gasteiger partial charge on any atom is -0.481 e. The number of amides is 1. The highest BCUT2D eigenvalue weighted by Gasteiger charge is 2.40. The molecule has 1 amide bonds. The SMILES string of the molecule is CC(C)(C(=O)O)C1CCCN(C(=O)c2ccc(C3CCOCC3)cc2)C1. The number of carbonyl (C=O) groups is 2. The molecule has 2 heterocycles. The van der Waals surface area contributed by atoms with Gasteiger partial charge in [-0.15, -0.1) is 0 Å². The van der Waals surface area contributed by atoms with Crippen molar-refractivity contribution < 1.29 is 19.4 Å². The Morgan fingerprint density at radius 3 is 2.38 bits per heavy atom. The molecular formula is C21H29NO4. The average Bonchev–Trinajstić information content (AvgIpc) is 2.68. The second-order valence-electron chi connectivity index (χ2n) is 8.13. The van der Waals surface area contributed by atoms with Crippen LogP contribution in [0, 0.1) is 11.3 Å². The first-order valence-corrected chi connectivity index (χ1v) is 9.60. The van der Waals surface area contributed by atoms with Gasteiger partial charge in [-0.05, 0) is 69.1 Å². The number of carboxylic acids is 1. The Morgan fingerprint density at radius 1 is 1.12 bits per heavy atom. The maximum atomic E-state index is 12.9. The van der Waals surface area contributed by atoms with E-state index in [4.69, 9.17) is 4.74 Å². The van der Waals surface area contributed by atoms with Crippen molar-refractivity contribution in [3.8, 4) is 0 Å². The van der Waals surface area contributed by atoms with Crippen LogP contribution in [0.4, 0.5) is 0 Å². The Kier molecular flexibility index (Phi) is 5.66. The summed E-state index contributed by atoms with van der Waals surface area (Å²) in [6, 6.07) is 7.95. The topological polar surface area (TPSA) is 66.8 Å². The molecule has 5 heteroatoms. The van der Waals surface area contributed by atoms with Crippen LogP contribution in [0.25, 0.3) is 0 Å². The van der Waals surface area contributed by atoms with Crippen molar-refractivity contribution in [1.82, 2.24) is 4.90 Å². The van der Waals surface area contributed by atoms with Crippen LogP contribution in [0.5, 0.6) is 0 Å². The minimum absolute atomic E-state index is 0.00872. The smallest absolute Gasteiger partial charge is 0.309 e. The summed E-state index contributed by atoms with van der Waals surface area (Å²) in [4.78, 5) is 26.3. The van der Waals surface area contributed by atoms with Crippen LogP contribution in [0.1, 0.15) is 61.4 Å². The van der Waals surface area contributed by atoms with Crippen LogP contribution < -0.4 is 0 Å². The number of rotatable bonds is 4. The highest BCUT2D eigenvalue weighted by molar-refractivity contribution is 5.94. The molecular weight excluding hydrogens is 330 g/mol. The van der Waals surface area contributed by atoms with Gasteiger partial charge >= 0.3 is 5.97 Å². The van der Waals surface area contributed by atoms with Gasteiger partial charge in [0.15, 0.2) is 0 Å². The summed E-state index contributed by atoms with van der Waals surface area (Å²) in [6.07, 6.45) is 3.77. The Bertz CT molecular complexity index is 646. The highest BCUT2D eigenvalue weighted by atomic mass is 16.5. The van der Waals surface area contributed by atoms with Gasteiger partial charge in [0, 0.05) is 31.9 Å². The van der Waals surface area contributed by atoms with Gasteiger partial charge in [-0.1, -0.05) is 12.1 Å². The molecule has 2 aliphatic rings. The van der Waals surface area contributed by atoms with Crippen molar-refractivity contribution >= 4 is 11.9 Å². The predicted molar refractivity (Wildman–Crippen MR) is 99.3 cm³/mol. The zero-order valence-corrected chi connectivity index (χ0v) is 15.7. The number of carbonyl (C=O) groups excluding carboxylic acids is 1. The van der Waals surface area contributed by atoms with Crippen molar-refractivity contribution in [2.24, 2.45) is 11.3 Å². The van der Waals surface area contributed by atoms with Crippen LogP contribution in [0.3, 0.4) is 0 Å². The molecule has 0 radical (unpaired) electrons. The van der Waals surface area contributed by atoms with Crippen molar-refractivity contribution in [2.45, 2.75) is 45.4 Å². The first-order chi connectivity index (χ1) is 12.4. The summed E-state index contributed by atoms with van der Waals surface area (Å²) in [7, 11) is 0. The van der Waals surface area contributed by atoms with Gasteiger partial charge in [0.05, 0.1) is 5.41 Å². The fourth-order valence-corrected chi connectivity index (χ4v) is 4.04. The molecule has 2 aliphatic heterocycles. The Hall–Kier alpha value is -1.88. The number of ether oxygens (including phenoxy) is 1. The molecule has 142 valence electrons. The van der Waals surface area contributed by atoms with E-state index in [1.165, 1.54) is 5.56 Å². The van der Waals surface area contributed by atoms with E-state index in [-0.39, 0.29) is 11.8 Å². The fourth-order valence-electron chi connectivity index (χ4n) is 4.04. The lowest BCUT2D eigenvalue weighted by Crippen LogP contribution is -2.46. The van der Waals surface area contributed by atoms with E-state index in [0.717, 1.165) is 38.9 Å². The van der Waals surface area contributed by atoms with Gasteiger partial charge in [-0.25, -0.2) is 0 Å². The van der Waals surface area contributed by atoms with Crippen LogP contribution >= 0.6 is 0 Å². The Morgan fingerprint density at radius 2 is 1.77 bits per heavy atom. The molecule has 1 aromatic carbocycles. The molecule has 1 unspecified atom stereocenters. The number of carboxylic acid groups (broad SMARTS) is 1. The largest absolute Gasteiger partial charge is 0.481 e. The van der Waals surface area contributed by atoms with Gasteiger partial charge < -0.3 is 14.7 Å². The van der Waals surface area contributed by atoms with E-state index >= 15 is 0 Å². The number of hydrogen-bond donors (Lipinski definition) is 1. The maximum absolute atomic E-state index is 12.9. The van der Waals surface area contributed by atoms with Crippen molar-refractivity contribution in [3.63, 3.8) is 0 Å². The molecule has 3 rings (SSSR count). The van der Waals surface area contributed by atoms with Gasteiger partial charge in [0.2, 0.25) is 0 Å². The van der Waals surface area contributed by atoms with Crippen molar-refractivity contribution in [3.05, 3.63) is 35.4 Å². The Labute approximate surface area is 155 Å². The average molecular weight is 359 g/mol. The molecule has 2 fully saturated rings. The number of aliphatic carboxylic acids is 1. The monoisotopic (exact) mass is 359 g/mol. The van der Waals surface area contributed by atoms with Crippen LogP contribution in [0.2, 0.25) is 0 Å². The number of piperidine rings is 1. The third-order valence-corrected chi connectivity index (χ3v) is 6.13. The quantitative estimate of drug-likeness (QED) is 0.893. The number of benzene rings is 1. The van der Waals surface area contributed by atoms with E-state index < -0.39 is 11.4 Å². The van der Waals surface area contributed by atoms with Gasteiger partial charge in [-0.2, -0.15) is 0 Å². The van der Waals surface area contributed by atoms with Gasteiger partial charge in [-0.3, -0.25) is 9.59 Å². The molecule has 5 nitrogen and oxygen atoms in total. The molecule has 0 spiro atoms. The molecule has 0 aromatic heterocycles. The number of hydrogen-bond acceptors (Lipinski definition) is 3. The second kappa shape index (κ2) is 7.78. The maximum Gasteiger partial charge on any atom is 0.309 e. The van der Waals surface area contributed by atoms with E-state index in [0.29, 0.717) is 24.6 Å². The molecule has 0 bridgehead atoms. The second-order valence-corrected chi connectivity index (χ2v) is 8.13. The summed E-state index contributed by atoms with van der Waals surface area (Å²) >= 11 is 0. The van der Waals surface area contributed by atoms with E-state index in [1.807, 2.05) is 17.0 Å². The molecule has 26 heavy (non-hydrogen) atoms. The first kappa shape index (κ1) is 18.9. The summed E-state index contributed by atoms with van der Waals surface area (Å²) in [5, 5.41) is 9.48. The van der Waals surface area contributed by atoms with Crippen LogP contribution in [0.15, 0.2) is 24.3 Å². The summed E-state index contributed by atoms with van der Waals surface area (Å²) in [6.45, 7) is 6.35. The number of likely N-dealkylation sites (tertiary alicyclic amines) is 1. The molecule has 1 N–H and O–H groups in total. The van der Waals surface area contributed by atoms with Gasteiger partial charge in [0.25, 0.3) is 5.91 Å². The number of nitrogens with zero attached hydrogens (tertiary/aromatic N) is 1. The molecule has 0 aliphatic carbocycles. The van der Waals surface area contributed by atoms with Crippen molar-refractivity contribution in [1.29, 1.82) is 0 Å². The first-order valence-electron chi connectivity index (χ1n) is 9.60. The molecule has 1 aromatic rings. The molecule has 0 saturated carbocycles. The summed E-state index contributed by atoms with van der Waals surface area (Å²) < 4.78 is 5.41. The molecule has 1 atom stereocenters. The lowest BCUT2D eigenvalue weighted by atomic mass is 9.74. The summed E-state index contributed by atoms with van der Waals surface area (Å²) in [5.41, 5.74) is 1.15. The highest BCUT2D eigenvalue weighted by Crippen LogP contribution is 2.35. The van der Waals surface area contributed by atoms with E-state index in [1.54, 1.807) is 13.8 Å². The standard InChI is InChI=1S/C21H29NO4/c1-21(2,20(24)25)18-4-3-11-22(14-18)19(23)17-7-5-15(6-8-17)16-9-12-26-13-10-16/h5-8,16,18H,3-4,9-14H2,1-2H3,(H,24,25). The third-order valence-electron chi connectivity index (χ3n) is 6.13. The summed E-state index contributed by atoms with van der Waals surface area (Å²) in [5.74, 6) is -0.283. The van der Waals surface area contributed by atoms with Crippen LogP contribution in [-0.4, -0.2) is 48.2 Å². The normalized spacial score (nSPS) is 22.2. The fraction of sp³-hybridized carbons (Fsp3) is 0.619. The minimum atomic E-state index is -0.814. The van der Waals surface area contributed by atoms with E-state index in [2.05, 4.69) is 12.1 Å². The lowest BCUT2D eigenvalue weighted by molar-refractivity contribution is -0.151.